The highest BCUT2D eigenvalue weighted by molar-refractivity contribution is 7.99. The molecule has 3 radical (unpaired) electrons. The van der Waals surface area contributed by atoms with E-state index in [9.17, 15) is 0 Å². The molecule has 0 nitrogen and oxygen atoms in total. The molecule has 1 aliphatic heterocycles. The Hall–Kier alpha value is 0.882. The lowest BCUT2D eigenvalue weighted by molar-refractivity contribution is 0.764. The van der Waals surface area contributed by atoms with Gasteiger partial charge in [0.05, 0.1) is 0 Å². The van der Waals surface area contributed by atoms with Crippen LogP contribution in [0.4, 0.5) is 0 Å². The summed E-state index contributed by atoms with van der Waals surface area (Å²) in [6.45, 7) is 0. The van der Waals surface area contributed by atoms with Crippen LogP contribution in [0.25, 0.3) is 0 Å². The highest BCUT2D eigenvalue weighted by Crippen LogP contribution is 2.14. The predicted octanol–water partition coefficient (Wildman–Crippen LogP) is 1.52. The Bertz CT molecular complexity index is 23.6. The molecule has 1 aliphatic rings. The largest absolute Gasteiger partial charge is 0.162 e. The highest BCUT2D eigenvalue weighted by atomic mass is 32.2. The van der Waals surface area contributed by atoms with Gasteiger partial charge in [-0.25, -0.2) is 0 Å². The molecule has 0 bridgehead atoms. The molecule has 0 aromatic carbocycles. The fourth-order valence-electron chi connectivity index (χ4n) is 0.687. The summed E-state index contributed by atoms with van der Waals surface area (Å²) in [5.41, 5.74) is 0. The van der Waals surface area contributed by atoms with E-state index in [2.05, 4.69) is 11.8 Å². The number of thioether (sulfide) groups is 1. The summed E-state index contributed by atoms with van der Waals surface area (Å²) in [6, 6.07) is 0. The summed E-state index contributed by atoms with van der Waals surface area (Å²) in [5.74, 6) is 2.83. The van der Waals surface area contributed by atoms with Crippen molar-refractivity contribution >= 4 is 29.1 Å². The smallest absolute Gasteiger partial charge is 0 e. The van der Waals surface area contributed by atoms with Gasteiger partial charge < -0.3 is 0 Å². The molecule has 0 atom stereocenters. The minimum absolute atomic E-state index is 0. The van der Waals surface area contributed by atoms with Gasteiger partial charge in [0.2, 0.25) is 0 Å². The van der Waals surface area contributed by atoms with Crippen molar-refractivity contribution in [1.82, 2.24) is 0 Å². The van der Waals surface area contributed by atoms with Crippen LogP contribution in [0.15, 0.2) is 0 Å². The van der Waals surface area contributed by atoms with Gasteiger partial charge in [-0.2, -0.15) is 11.8 Å². The van der Waals surface area contributed by atoms with Gasteiger partial charge in [0.25, 0.3) is 0 Å². The third-order valence-corrected chi connectivity index (χ3v) is 2.23. The van der Waals surface area contributed by atoms with Crippen LogP contribution >= 0.6 is 11.8 Å². The van der Waals surface area contributed by atoms with E-state index in [-0.39, 0.29) is 17.4 Å². The molecule has 1 fully saturated rings. The number of hydrogen-bond acceptors (Lipinski definition) is 1. The second kappa shape index (κ2) is 5.03. The SMILES string of the molecule is C1CCSCC1.[Al]. The monoisotopic (exact) mass is 129 g/mol. The van der Waals surface area contributed by atoms with Gasteiger partial charge in [-0.05, 0) is 24.3 Å². The minimum Gasteiger partial charge on any atom is -0.162 e. The zero-order chi connectivity index (χ0) is 4.24. The molecule has 0 aromatic rings. The van der Waals surface area contributed by atoms with Crippen LogP contribution in [0.5, 0.6) is 0 Å². The third-order valence-electron chi connectivity index (χ3n) is 1.08. The first kappa shape index (κ1) is 7.88. The van der Waals surface area contributed by atoms with Crippen LogP contribution in [0.2, 0.25) is 0 Å². The van der Waals surface area contributed by atoms with Crippen molar-refractivity contribution in [2.24, 2.45) is 0 Å². The van der Waals surface area contributed by atoms with Crippen molar-refractivity contribution in [2.75, 3.05) is 11.5 Å². The Kier molecular flexibility index (Phi) is 5.66. The second-order valence-electron chi connectivity index (χ2n) is 1.67. The zero-order valence-corrected chi connectivity index (χ0v) is 6.49. The van der Waals surface area contributed by atoms with Crippen LogP contribution in [-0.4, -0.2) is 28.9 Å². The summed E-state index contributed by atoms with van der Waals surface area (Å²) in [5, 5.41) is 0. The molecule has 0 N–H and O–H groups in total. The minimum atomic E-state index is 0. The van der Waals surface area contributed by atoms with E-state index < -0.39 is 0 Å². The summed E-state index contributed by atoms with van der Waals surface area (Å²) in [6.07, 6.45) is 4.41. The maximum atomic E-state index is 2.09. The molecule has 0 unspecified atom stereocenters. The van der Waals surface area contributed by atoms with Gasteiger partial charge in [0, 0.05) is 17.4 Å². The standard InChI is InChI=1S/C5H10S.Al/c1-2-4-6-5-3-1;/h1-5H2;. The maximum Gasteiger partial charge on any atom is 0 e. The molecule has 0 amide bonds. The van der Waals surface area contributed by atoms with Crippen molar-refractivity contribution in [1.29, 1.82) is 0 Å². The molecule has 0 saturated carbocycles. The number of rotatable bonds is 0. The molecular formula is C5H10AlS. The van der Waals surface area contributed by atoms with Crippen molar-refractivity contribution in [3.63, 3.8) is 0 Å². The fourth-order valence-corrected chi connectivity index (χ4v) is 1.71. The fraction of sp³-hybridized carbons (Fsp3) is 1.00. The van der Waals surface area contributed by atoms with E-state index in [4.69, 9.17) is 0 Å². The van der Waals surface area contributed by atoms with Gasteiger partial charge in [0.15, 0.2) is 0 Å². The molecule has 39 valence electrons. The lowest BCUT2D eigenvalue weighted by Gasteiger charge is -2.05. The summed E-state index contributed by atoms with van der Waals surface area (Å²) >= 11 is 2.09. The molecule has 1 saturated heterocycles. The second-order valence-corrected chi connectivity index (χ2v) is 2.90. The molecule has 7 heavy (non-hydrogen) atoms. The van der Waals surface area contributed by atoms with Crippen molar-refractivity contribution < 1.29 is 0 Å². The summed E-state index contributed by atoms with van der Waals surface area (Å²) < 4.78 is 0. The topological polar surface area (TPSA) is 0 Å². The Balaban J connectivity index is 0.000000360. The Morgan fingerprint density at radius 1 is 0.857 bits per heavy atom. The first-order valence-electron chi connectivity index (χ1n) is 2.58. The number of hydrogen-bond donors (Lipinski definition) is 0. The Morgan fingerprint density at radius 3 is 1.57 bits per heavy atom. The third kappa shape index (κ3) is 3.46. The summed E-state index contributed by atoms with van der Waals surface area (Å²) in [7, 11) is 0. The summed E-state index contributed by atoms with van der Waals surface area (Å²) in [4.78, 5) is 0. The molecule has 1 heterocycles. The van der Waals surface area contributed by atoms with Crippen molar-refractivity contribution in [3.05, 3.63) is 0 Å². The van der Waals surface area contributed by atoms with Gasteiger partial charge in [-0.3, -0.25) is 0 Å². The molecule has 0 aliphatic carbocycles. The van der Waals surface area contributed by atoms with E-state index in [0.29, 0.717) is 0 Å². The quantitative estimate of drug-likeness (QED) is 0.447. The van der Waals surface area contributed by atoms with E-state index in [1.165, 1.54) is 30.8 Å². The van der Waals surface area contributed by atoms with Gasteiger partial charge >= 0.3 is 0 Å². The van der Waals surface area contributed by atoms with E-state index in [1.54, 1.807) is 0 Å². The zero-order valence-electron chi connectivity index (χ0n) is 4.52. The van der Waals surface area contributed by atoms with Gasteiger partial charge in [0.1, 0.15) is 0 Å². The molecular weight excluding hydrogens is 119 g/mol. The Morgan fingerprint density at radius 2 is 1.43 bits per heavy atom. The van der Waals surface area contributed by atoms with E-state index in [1.807, 2.05) is 0 Å². The van der Waals surface area contributed by atoms with Crippen LogP contribution in [0.1, 0.15) is 19.3 Å². The normalized spacial score (nSPS) is 20.6. The Labute approximate surface area is 60.2 Å². The average Bonchev–Trinajstić information content (AvgIpc) is 1.72. The molecule has 1 rings (SSSR count). The van der Waals surface area contributed by atoms with Crippen LogP contribution < -0.4 is 0 Å². The molecule has 0 aromatic heterocycles. The maximum absolute atomic E-state index is 2.09. The van der Waals surface area contributed by atoms with Gasteiger partial charge in [-0.15, -0.1) is 0 Å². The van der Waals surface area contributed by atoms with Crippen molar-refractivity contribution in [3.8, 4) is 0 Å². The van der Waals surface area contributed by atoms with E-state index in [0.717, 1.165) is 0 Å². The highest BCUT2D eigenvalue weighted by Gasteiger charge is 1.95. The predicted molar refractivity (Wildman–Crippen MR) is 36.9 cm³/mol. The first-order chi connectivity index (χ1) is 3.00. The first-order valence-corrected chi connectivity index (χ1v) is 3.73. The van der Waals surface area contributed by atoms with Crippen LogP contribution in [0.3, 0.4) is 0 Å². The average molecular weight is 129 g/mol. The lowest BCUT2D eigenvalue weighted by Crippen LogP contribution is -1.91. The van der Waals surface area contributed by atoms with Crippen LogP contribution in [-0.2, 0) is 0 Å². The van der Waals surface area contributed by atoms with Gasteiger partial charge in [-0.1, -0.05) is 6.42 Å². The molecule has 0 spiro atoms. The lowest BCUT2D eigenvalue weighted by atomic mass is 10.3. The van der Waals surface area contributed by atoms with Crippen molar-refractivity contribution in [2.45, 2.75) is 19.3 Å². The van der Waals surface area contributed by atoms with Crippen LogP contribution in [0, 0.1) is 0 Å². The van der Waals surface area contributed by atoms with E-state index >= 15 is 0 Å². The molecule has 2 heteroatoms.